The van der Waals surface area contributed by atoms with Crippen LogP contribution in [0.4, 0.5) is 4.79 Å². The van der Waals surface area contributed by atoms with Gasteiger partial charge in [0.25, 0.3) is 0 Å². The SMILES string of the molecule is CC(C)(C)OC(=O)NC(CCn1cccn1)C(=O)O. The van der Waals surface area contributed by atoms with E-state index in [0.717, 1.165) is 0 Å². The minimum absolute atomic E-state index is 0.232. The third-order valence-electron chi connectivity index (χ3n) is 2.20. The van der Waals surface area contributed by atoms with Crippen LogP contribution in [0.5, 0.6) is 0 Å². The number of nitrogens with zero attached hydrogens (tertiary/aromatic N) is 2. The number of carbonyl (C=O) groups is 2. The first-order valence-corrected chi connectivity index (χ1v) is 5.97. The Bertz CT molecular complexity index is 423. The van der Waals surface area contributed by atoms with Crippen molar-refractivity contribution >= 4 is 12.1 Å². The van der Waals surface area contributed by atoms with E-state index in [1.807, 2.05) is 0 Å². The molecule has 0 aliphatic carbocycles. The van der Waals surface area contributed by atoms with E-state index < -0.39 is 23.7 Å². The first kappa shape index (κ1) is 15.0. The number of amides is 1. The summed E-state index contributed by atoms with van der Waals surface area (Å²) in [6.07, 6.45) is 2.83. The lowest BCUT2D eigenvalue weighted by atomic mass is 10.2. The molecule has 0 saturated heterocycles. The Morgan fingerprint density at radius 3 is 2.63 bits per heavy atom. The lowest BCUT2D eigenvalue weighted by Gasteiger charge is -2.22. The molecule has 0 saturated carbocycles. The van der Waals surface area contributed by atoms with Gasteiger partial charge in [-0.15, -0.1) is 0 Å². The van der Waals surface area contributed by atoms with Gasteiger partial charge in [-0.2, -0.15) is 5.10 Å². The lowest BCUT2D eigenvalue weighted by molar-refractivity contribution is -0.139. The van der Waals surface area contributed by atoms with Crippen molar-refractivity contribution in [3.05, 3.63) is 18.5 Å². The maximum Gasteiger partial charge on any atom is 0.408 e. The molecule has 2 N–H and O–H groups in total. The van der Waals surface area contributed by atoms with Gasteiger partial charge < -0.3 is 15.2 Å². The van der Waals surface area contributed by atoms with Crippen molar-refractivity contribution in [2.45, 2.75) is 45.4 Å². The Morgan fingerprint density at radius 1 is 1.47 bits per heavy atom. The normalized spacial score (nSPS) is 12.8. The summed E-state index contributed by atoms with van der Waals surface area (Å²) in [4.78, 5) is 22.6. The molecule has 7 heteroatoms. The fourth-order valence-corrected chi connectivity index (χ4v) is 1.40. The highest BCUT2D eigenvalue weighted by Crippen LogP contribution is 2.07. The van der Waals surface area contributed by atoms with E-state index in [1.54, 1.807) is 43.9 Å². The molecule has 1 aromatic rings. The number of hydrogen-bond donors (Lipinski definition) is 2. The zero-order valence-electron chi connectivity index (χ0n) is 11.3. The Kier molecular flexibility index (Phi) is 4.91. The minimum atomic E-state index is -1.10. The second-order valence-electron chi connectivity index (χ2n) is 5.09. The van der Waals surface area contributed by atoms with Gasteiger partial charge in [-0.3, -0.25) is 4.68 Å². The second-order valence-corrected chi connectivity index (χ2v) is 5.09. The molecule has 1 amide bonds. The highest BCUT2D eigenvalue weighted by molar-refractivity contribution is 5.79. The van der Waals surface area contributed by atoms with Crippen molar-refractivity contribution < 1.29 is 19.4 Å². The number of aromatic nitrogens is 2. The fraction of sp³-hybridized carbons (Fsp3) is 0.583. The van der Waals surface area contributed by atoms with Crippen LogP contribution in [0.1, 0.15) is 27.2 Å². The van der Waals surface area contributed by atoms with Gasteiger partial charge in [0.1, 0.15) is 11.6 Å². The number of carboxylic acid groups (broad SMARTS) is 1. The highest BCUT2D eigenvalue weighted by Gasteiger charge is 2.23. The first-order valence-electron chi connectivity index (χ1n) is 5.97. The van der Waals surface area contributed by atoms with Gasteiger partial charge in [-0.05, 0) is 33.3 Å². The number of aryl methyl sites for hydroxylation is 1. The predicted molar refractivity (Wildman–Crippen MR) is 67.6 cm³/mol. The monoisotopic (exact) mass is 269 g/mol. The van der Waals surface area contributed by atoms with Gasteiger partial charge in [0.2, 0.25) is 0 Å². The van der Waals surface area contributed by atoms with E-state index in [2.05, 4.69) is 10.4 Å². The Morgan fingerprint density at radius 2 is 2.16 bits per heavy atom. The van der Waals surface area contributed by atoms with Crippen LogP contribution in [-0.4, -0.2) is 38.6 Å². The summed E-state index contributed by atoms with van der Waals surface area (Å²) in [7, 11) is 0. The molecule has 0 spiro atoms. The number of rotatable bonds is 5. The molecule has 1 heterocycles. The van der Waals surface area contributed by atoms with Crippen LogP contribution in [0.2, 0.25) is 0 Å². The van der Waals surface area contributed by atoms with Crippen molar-refractivity contribution in [3.8, 4) is 0 Å². The topological polar surface area (TPSA) is 93.5 Å². The smallest absolute Gasteiger partial charge is 0.408 e. The molecule has 0 aliphatic rings. The molecule has 0 aliphatic heterocycles. The second kappa shape index (κ2) is 6.21. The third-order valence-corrected chi connectivity index (χ3v) is 2.20. The van der Waals surface area contributed by atoms with Crippen LogP contribution in [0.15, 0.2) is 18.5 Å². The average molecular weight is 269 g/mol. The number of aliphatic carboxylic acids is 1. The summed E-state index contributed by atoms with van der Waals surface area (Å²) >= 11 is 0. The number of carboxylic acids is 1. The van der Waals surface area contributed by atoms with Gasteiger partial charge in [-0.1, -0.05) is 0 Å². The number of ether oxygens (including phenoxy) is 1. The summed E-state index contributed by atoms with van der Waals surface area (Å²) < 4.78 is 6.62. The van der Waals surface area contributed by atoms with E-state index in [9.17, 15) is 9.59 Å². The van der Waals surface area contributed by atoms with Gasteiger partial charge >= 0.3 is 12.1 Å². The summed E-state index contributed by atoms with van der Waals surface area (Å²) in [5.74, 6) is -1.10. The van der Waals surface area contributed by atoms with Crippen molar-refractivity contribution in [1.82, 2.24) is 15.1 Å². The molecule has 1 unspecified atom stereocenters. The largest absolute Gasteiger partial charge is 0.480 e. The Labute approximate surface area is 111 Å². The van der Waals surface area contributed by atoms with Crippen molar-refractivity contribution in [1.29, 1.82) is 0 Å². The molecule has 1 rings (SSSR count). The third kappa shape index (κ3) is 5.89. The van der Waals surface area contributed by atoms with Crippen LogP contribution in [0.25, 0.3) is 0 Å². The molecule has 7 nitrogen and oxygen atoms in total. The average Bonchev–Trinajstić information content (AvgIpc) is 2.73. The standard InChI is InChI=1S/C12H19N3O4/c1-12(2,3)19-11(18)14-9(10(16)17)5-8-15-7-4-6-13-15/h4,6-7,9H,5,8H2,1-3H3,(H,14,18)(H,16,17). The van der Waals surface area contributed by atoms with Crippen molar-refractivity contribution in [2.75, 3.05) is 0 Å². The molecular formula is C12H19N3O4. The fourth-order valence-electron chi connectivity index (χ4n) is 1.40. The number of carbonyl (C=O) groups excluding carboxylic acids is 1. The zero-order valence-corrected chi connectivity index (χ0v) is 11.3. The maximum absolute atomic E-state index is 11.5. The first-order chi connectivity index (χ1) is 8.78. The van der Waals surface area contributed by atoms with Crippen LogP contribution in [0, 0.1) is 0 Å². The summed E-state index contributed by atoms with van der Waals surface area (Å²) in [5, 5.41) is 15.3. The lowest BCUT2D eigenvalue weighted by Crippen LogP contribution is -2.44. The van der Waals surface area contributed by atoms with E-state index in [4.69, 9.17) is 9.84 Å². The van der Waals surface area contributed by atoms with Crippen LogP contribution < -0.4 is 5.32 Å². The van der Waals surface area contributed by atoms with Crippen molar-refractivity contribution in [2.24, 2.45) is 0 Å². The molecule has 19 heavy (non-hydrogen) atoms. The molecule has 106 valence electrons. The van der Waals surface area contributed by atoms with Crippen LogP contribution in [-0.2, 0) is 16.1 Å². The quantitative estimate of drug-likeness (QED) is 0.839. The molecule has 0 radical (unpaired) electrons. The van der Waals surface area contributed by atoms with Gasteiger partial charge in [0.15, 0.2) is 0 Å². The summed E-state index contributed by atoms with van der Waals surface area (Å²) in [5.41, 5.74) is -0.658. The zero-order chi connectivity index (χ0) is 14.5. The molecule has 0 fully saturated rings. The predicted octanol–water partition coefficient (Wildman–Crippen LogP) is 1.25. The minimum Gasteiger partial charge on any atom is -0.480 e. The molecule has 1 aromatic heterocycles. The number of nitrogens with one attached hydrogen (secondary N) is 1. The number of hydrogen-bond acceptors (Lipinski definition) is 4. The summed E-state index contributed by atoms with van der Waals surface area (Å²) in [6, 6.07) is 0.746. The van der Waals surface area contributed by atoms with E-state index in [1.165, 1.54) is 0 Å². The van der Waals surface area contributed by atoms with Crippen molar-refractivity contribution in [3.63, 3.8) is 0 Å². The highest BCUT2D eigenvalue weighted by atomic mass is 16.6. The van der Waals surface area contributed by atoms with Gasteiger partial charge in [0, 0.05) is 18.9 Å². The van der Waals surface area contributed by atoms with E-state index >= 15 is 0 Å². The Hall–Kier alpha value is -2.05. The maximum atomic E-state index is 11.5. The number of alkyl carbamates (subject to hydrolysis) is 1. The van der Waals surface area contributed by atoms with Gasteiger partial charge in [-0.25, -0.2) is 9.59 Å². The molecule has 1 atom stereocenters. The molecule has 0 bridgehead atoms. The van der Waals surface area contributed by atoms with E-state index in [0.29, 0.717) is 6.54 Å². The van der Waals surface area contributed by atoms with E-state index in [-0.39, 0.29) is 6.42 Å². The van der Waals surface area contributed by atoms with Crippen LogP contribution in [0.3, 0.4) is 0 Å². The molecule has 0 aromatic carbocycles. The Balaban J connectivity index is 2.49. The van der Waals surface area contributed by atoms with Crippen LogP contribution >= 0.6 is 0 Å². The molecular weight excluding hydrogens is 250 g/mol. The summed E-state index contributed by atoms with van der Waals surface area (Å²) in [6.45, 7) is 5.55. The van der Waals surface area contributed by atoms with Gasteiger partial charge in [0.05, 0.1) is 0 Å².